The van der Waals surface area contributed by atoms with E-state index < -0.39 is 0 Å². The lowest BCUT2D eigenvalue weighted by atomic mass is 10.1. The van der Waals surface area contributed by atoms with Crippen LogP contribution in [0, 0.1) is 0 Å². The van der Waals surface area contributed by atoms with Crippen LogP contribution < -0.4 is 5.32 Å². The molecule has 0 aliphatic heterocycles. The maximum atomic E-state index is 8.89. The van der Waals surface area contributed by atoms with Crippen molar-refractivity contribution in [3.8, 4) is 0 Å². The summed E-state index contributed by atoms with van der Waals surface area (Å²) in [6.07, 6.45) is 0. The van der Waals surface area contributed by atoms with Gasteiger partial charge in [-0.05, 0) is 31.5 Å². The van der Waals surface area contributed by atoms with Crippen molar-refractivity contribution in [2.75, 3.05) is 6.61 Å². The molecule has 0 saturated carbocycles. The lowest BCUT2D eigenvalue weighted by Gasteiger charge is -2.18. The molecule has 2 N–H and O–H groups in total. The number of hydrogen-bond acceptors (Lipinski definition) is 2. The fourth-order valence-electron chi connectivity index (χ4n) is 1.33. The molecule has 2 nitrogen and oxygen atoms in total. The first-order valence-corrected chi connectivity index (χ1v) is 5.13. The maximum absolute atomic E-state index is 8.89. The van der Waals surface area contributed by atoms with Crippen LogP contribution in [-0.4, -0.2) is 17.8 Å². The van der Waals surface area contributed by atoms with Gasteiger partial charge in [0, 0.05) is 17.1 Å². The zero-order valence-electron chi connectivity index (χ0n) is 8.50. The van der Waals surface area contributed by atoms with Crippen LogP contribution >= 0.6 is 11.6 Å². The van der Waals surface area contributed by atoms with Crippen LogP contribution in [0.2, 0.25) is 5.02 Å². The average Bonchev–Trinajstić information content (AvgIpc) is 2.18. The number of hydrogen-bond donors (Lipinski definition) is 2. The summed E-state index contributed by atoms with van der Waals surface area (Å²) in [5, 5.41) is 12.9. The Balaban J connectivity index is 2.60. The van der Waals surface area contributed by atoms with Gasteiger partial charge in [0.1, 0.15) is 0 Å². The van der Waals surface area contributed by atoms with E-state index in [1.165, 1.54) is 5.56 Å². The molecular formula is C11H16ClNO. The summed E-state index contributed by atoms with van der Waals surface area (Å²) in [5.41, 5.74) is 1.18. The monoisotopic (exact) mass is 213 g/mol. The minimum atomic E-state index is 0.112. The van der Waals surface area contributed by atoms with Crippen molar-refractivity contribution >= 4 is 11.6 Å². The molecule has 0 fully saturated rings. The molecule has 0 spiro atoms. The van der Waals surface area contributed by atoms with Gasteiger partial charge in [0.15, 0.2) is 0 Å². The van der Waals surface area contributed by atoms with Gasteiger partial charge in [-0.2, -0.15) is 0 Å². The molecule has 0 bridgehead atoms. The van der Waals surface area contributed by atoms with Gasteiger partial charge in [-0.3, -0.25) is 0 Å². The Hall–Kier alpha value is -0.570. The van der Waals surface area contributed by atoms with Gasteiger partial charge in [0.2, 0.25) is 0 Å². The van der Waals surface area contributed by atoms with Crippen LogP contribution in [0.25, 0.3) is 0 Å². The Morgan fingerprint density at radius 2 is 1.86 bits per heavy atom. The molecule has 0 heterocycles. The van der Waals surface area contributed by atoms with Gasteiger partial charge in [-0.1, -0.05) is 23.7 Å². The van der Waals surface area contributed by atoms with E-state index in [9.17, 15) is 0 Å². The Bertz CT molecular complexity index is 273. The number of aliphatic hydroxyl groups is 1. The Morgan fingerprint density at radius 3 is 2.36 bits per heavy atom. The topological polar surface area (TPSA) is 32.3 Å². The molecule has 0 aliphatic rings. The summed E-state index contributed by atoms with van der Waals surface area (Å²) in [6, 6.07) is 8.07. The van der Waals surface area contributed by atoms with Crippen molar-refractivity contribution in [3.05, 3.63) is 34.9 Å². The molecule has 0 saturated heterocycles. The van der Waals surface area contributed by atoms with E-state index in [2.05, 4.69) is 12.2 Å². The predicted octanol–water partition coefficient (Wildman–Crippen LogP) is 2.37. The van der Waals surface area contributed by atoms with Crippen LogP contribution in [0.1, 0.15) is 25.5 Å². The summed E-state index contributed by atoms with van der Waals surface area (Å²) < 4.78 is 0. The van der Waals surface area contributed by atoms with Crippen molar-refractivity contribution in [2.24, 2.45) is 0 Å². The lowest BCUT2D eigenvalue weighted by molar-refractivity contribution is 0.243. The standard InChI is InChI=1S/C11H16ClNO/c1-8(7-14)13-9(2)10-3-5-11(12)6-4-10/h3-6,8-9,13-14H,7H2,1-2H3/t8-,9?/m1/s1. The fraction of sp³-hybridized carbons (Fsp3) is 0.455. The molecule has 14 heavy (non-hydrogen) atoms. The molecule has 1 aromatic carbocycles. The van der Waals surface area contributed by atoms with Crippen LogP contribution in [0.4, 0.5) is 0 Å². The molecule has 0 aromatic heterocycles. The highest BCUT2D eigenvalue weighted by atomic mass is 35.5. The van der Waals surface area contributed by atoms with E-state index in [1.54, 1.807) is 0 Å². The van der Waals surface area contributed by atoms with E-state index >= 15 is 0 Å². The van der Waals surface area contributed by atoms with Crippen molar-refractivity contribution in [1.29, 1.82) is 0 Å². The molecular weight excluding hydrogens is 198 g/mol. The summed E-state index contributed by atoms with van der Waals surface area (Å²) in [4.78, 5) is 0. The van der Waals surface area contributed by atoms with Gasteiger partial charge in [0.25, 0.3) is 0 Å². The Morgan fingerprint density at radius 1 is 1.29 bits per heavy atom. The number of benzene rings is 1. The van der Waals surface area contributed by atoms with E-state index in [-0.39, 0.29) is 18.7 Å². The highest BCUT2D eigenvalue weighted by Gasteiger charge is 2.07. The maximum Gasteiger partial charge on any atom is 0.0582 e. The van der Waals surface area contributed by atoms with Crippen molar-refractivity contribution in [1.82, 2.24) is 5.32 Å². The first-order chi connectivity index (χ1) is 6.63. The minimum Gasteiger partial charge on any atom is -0.395 e. The fourth-order valence-corrected chi connectivity index (χ4v) is 1.45. The zero-order valence-corrected chi connectivity index (χ0v) is 9.25. The molecule has 0 radical (unpaired) electrons. The predicted molar refractivity (Wildman–Crippen MR) is 59.6 cm³/mol. The van der Waals surface area contributed by atoms with Gasteiger partial charge >= 0.3 is 0 Å². The third-order valence-corrected chi connectivity index (χ3v) is 2.43. The molecule has 1 unspecified atom stereocenters. The molecule has 78 valence electrons. The Kier molecular flexibility index (Phi) is 4.39. The SMILES string of the molecule is CC(N[C@H](C)CO)c1ccc(Cl)cc1. The van der Waals surface area contributed by atoms with Crippen LogP contribution in [0.5, 0.6) is 0 Å². The summed E-state index contributed by atoms with van der Waals surface area (Å²) >= 11 is 5.79. The average molecular weight is 214 g/mol. The largest absolute Gasteiger partial charge is 0.395 e. The minimum absolute atomic E-state index is 0.112. The van der Waals surface area contributed by atoms with Crippen molar-refractivity contribution in [2.45, 2.75) is 25.9 Å². The van der Waals surface area contributed by atoms with E-state index in [0.29, 0.717) is 0 Å². The second kappa shape index (κ2) is 5.35. The smallest absolute Gasteiger partial charge is 0.0582 e. The van der Waals surface area contributed by atoms with Crippen LogP contribution in [-0.2, 0) is 0 Å². The second-order valence-electron chi connectivity index (χ2n) is 3.52. The molecule has 1 aromatic rings. The van der Waals surface area contributed by atoms with E-state index in [4.69, 9.17) is 16.7 Å². The molecule has 2 atom stereocenters. The van der Waals surface area contributed by atoms with Crippen LogP contribution in [0.15, 0.2) is 24.3 Å². The van der Waals surface area contributed by atoms with Gasteiger partial charge in [-0.25, -0.2) is 0 Å². The number of halogens is 1. The zero-order chi connectivity index (χ0) is 10.6. The van der Waals surface area contributed by atoms with Crippen molar-refractivity contribution < 1.29 is 5.11 Å². The number of aliphatic hydroxyl groups excluding tert-OH is 1. The molecule has 1 rings (SSSR count). The molecule has 3 heteroatoms. The van der Waals surface area contributed by atoms with Gasteiger partial charge in [-0.15, -0.1) is 0 Å². The Labute approximate surface area is 89.9 Å². The third-order valence-electron chi connectivity index (χ3n) is 2.18. The highest BCUT2D eigenvalue weighted by Crippen LogP contribution is 2.16. The third kappa shape index (κ3) is 3.29. The summed E-state index contributed by atoms with van der Waals surface area (Å²) in [6.45, 7) is 4.17. The molecule has 0 amide bonds. The van der Waals surface area contributed by atoms with Crippen molar-refractivity contribution in [3.63, 3.8) is 0 Å². The quantitative estimate of drug-likeness (QED) is 0.805. The summed E-state index contributed by atoms with van der Waals surface area (Å²) in [5.74, 6) is 0. The highest BCUT2D eigenvalue weighted by molar-refractivity contribution is 6.30. The number of rotatable bonds is 4. The van der Waals surface area contributed by atoms with E-state index in [1.807, 2.05) is 31.2 Å². The number of nitrogens with one attached hydrogen (secondary N) is 1. The lowest BCUT2D eigenvalue weighted by Crippen LogP contribution is -2.31. The first-order valence-electron chi connectivity index (χ1n) is 4.76. The molecule has 0 aliphatic carbocycles. The summed E-state index contributed by atoms with van der Waals surface area (Å²) in [7, 11) is 0. The van der Waals surface area contributed by atoms with Gasteiger partial charge in [0.05, 0.1) is 6.61 Å². The normalized spacial score (nSPS) is 15.1. The van der Waals surface area contributed by atoms with Gasteiger partial charge < -0.3 is 10.4 Å². The second-order valence-corrected chi connectivity index (χ2v) is 3.96. The first kappa shape index (κ1) is 11.5. The van der Waals surface area contributed by atoms with E-state index in [0.717, 1.165) is 5.02 Å². The van der Waals surface area contributed by atoms with Crippen LogP contribution in [0.3, 0.4) is 0 Å².